The normalized spacial score (nSPS) is 10.7. The first kappa shape index (κ1) is 16.6. The topological polar surface area (TPSA) is 55.8 Å². The number of hydrogen-bond acceptors (Lipinski definition) is 3. The fourth-order valence-corrected chi connectivity index (χ4v) is 2.07. The van der Waals surface area contributed by atoms with Gasteiger partial charge in [-0.25, -0.2) is 4.79 Å². The van der Waals surface area contributed by atoms with E-state index in [-0.39, 0.29) is 0 Å². The van der Waals surface area contributed by atoms with Crippen LogP contribution in [0.1, 0.15) is 16.7 Å². The van der Waals surface area contributed by atoms with Crippen molar-refractivity contribution < 1.29 is 19.4 Å². The zero-order valence-electron chi connectivity index (χ0n) is 13.3. The van der Waals surface area contributed by atoms with Crippen LogP contribution in [0.15, 0.2) is 48.5 Å². The Balaban J connectivity index is 1.85. The van der Waals surface area contributed by atoms with E-state index >= 15 is 0 Å². The zero-order valence-corrected chi connectivity index (χ0v) is 13.3. The Labute approximate surface area is 136 Å². The van der Waals surface area contributed by atoms with E-state index in [4.69, 9.17) is 14.6 Å². The van der Waals surface area contributed by atoms with Gasteiger partial charge in [-0.15, -0.1) is 0 Å². The highest BCUT2D eigenvalue weighted by Gasteiger charge is 2.02. The van der Waals surface area contributed by atoms with Gasteiger partial charge in [0.1, 0.15) is 24.7 Å². The molecule has 0 aromatic heterocycles. The molecule has 2 aromatic rings. The second-order valence-corrected chi connectivity index (χ2v) is 5.14. The smallest absolute Gasteiger partial charge is 0.328 e. The molecule has 2 aromatic carbocycles. The number of benzene rings is 2. The van der Waals surface area contributed by atoms with Gasteiger partial charge in [0.05, 0.1) is 0 Å². The first-order valence-electron chi connectivity index (χ1n) is 7.39. The summed E-state index contributed by atoms with van der Waals surface area (Å²) in [6.07, 6.45) is 2.63. The van der Waals surface area contributed by atoms with Crippen LogP contribution in [-0.4, -0.2) is 24.3 Å². The molecule has 1 N–H and O–H groups in total. The molecule has 0 heterocycles. The first-order chi connectivity index (χ1) is 11.1. The summed E-state index contributed by atoms with van der Waals surface area (Å²) in [7, 11) is 0. The van der Waals surface area contributed by atoms with Crippen molar-refractivity contribution >= 4 is 12.0 Å². The molecule has 0 aliphatic carbocycles. The molecule has 23 heavy (non-hydrogen) atoms. The lowest BCUT2D eigenvalue weighted by molar-refractivity contribution is -0.131. The molecule has 0 amide bonds. The van der Waals surface area contributed by atoms with Crippen LogP contribution < -0.4 is 9.47 Å². The van der Waals surface area contributed by atoms with Crippen molar-refractivity contribution in [3.05, 3.63) is 65.2 Å². The predicted octanol–water partition coefficient (Wildman–Crippen LogP) is 3.86. The number of aliphatic carboxylic acids is 1. The summed E-state index contributed by atoms with van der Waals surface area (Å²) < 4.78 is 11.4. The number of aryl methyl sites for hydroxylation is 1. The minimum Gasteiger partial charge on any atom is -0.490 e. The Kier molecular flexibility index (Phi) is 5.80. The molecule has 0 spiro atoms. The summed E-state index contributed by atoms with van der Waals surface area (Å²) in [6.45, 7) is 4.94. The average Bonchev–Trinajstić information content (AvgIpc) is 2.54. The average molecular weight is 312 g/mol. The number of ether oxygens (including phenoxy) is 2. The fraction of sp³-hybridized carbons (Fsp3) is 0.211. The molecule has 0 radical (unpaired) electrons. The molecule has 2 rings (SSSR count). The predicted molar refractivity (Wildman–Crippen MR) is 90.0 cm³/mol. The number of rotatable bonds is 7. The Bertz CT molecular complexity index is 704. The lowest BCUT2D eigenvalue weighted by Crippen LogP contribution is -2.09. The number of carboxylic acids is 1. The van der Waals surface area contributed by atoms with E-state index < -0.39 is 5.97 Å². The minimum absolute atomic E-state index is 0.416. The lowest BCUT2D eigenvalue weighted by atomic mass is 10.1. The summed E-state index contributed by atoms with van der Waals surface area (Å²) in [6, 6.07) is 13.2. The number of hydrogen-bond donors (Lipinski definition) is 1. The van der Waals surface area contributed by atoms with Gasteiger partial charge in [0.2, 0.25) is 0 Å². The maximum absolute atomic E-state index is 10.5. The Hall–Kier alpha value is -2.75. The zero-order chi connectivity index (χ0) is 16.7. The molecule has 0 saturated heterocycles. The van der Waals surface area contributed by atoms with E-state index in [1.807, 2.05) is 37.3 Å². The Morgan fingerprint density at radius 1 is 1.09 bits per heavy atom. The van der Waals surface area contributed by atoms with Crippen molar-refractivity contribution in [2.45, 2.75) is 13.8 Å². The second-order valence-electron chi connectivity index (χ2n) is 5.14. The van der Waals surface area contributed by atoms with Crippen molar-refractivity contribution in [2.24, 2.45) is 0 Å². The number of carbonyl (C=O) groups is 1. The summed E-state index contributed by atoms with van der Waals surface area (Å²) in [4.78, 5) is 10.5. The van der Waals surface area contributed by atoms with E-state index in [1.165, 1.54) is 11.6 Å². The van der Waals surface area contributed by atoms with Crippen LogP contribution >= 0.6 is 0 Å². The van der Waals surface area contributed by atoms with Gasteiger partial charge >= 0.3 is 5.97 Å². The summed E-state index contributed by atoms with van der Waals surface area (Å²) >= 11 is 0. The quantitative estimate of drug-likeness (QED) is 0.623. The van der Waals surface area contributed by atoms with E-state index in [1.54, 1.807) is 6.07 Å². The molecule has 4 nitrogen and oxygen atoms in total. The molecule has 0 unspecified atom stereocenters. The third-order valence-corrected chi connectivity index (χ3v) is 3.44. The molecule has 0 aliphatic rings. The highest BCUT2D eigenvalue weighted by molar-refractivity contribution is 5.85. The van der Waals surface area contributed by atoms with Crippen LogP contribution in [0.4, 0.5) is 0 Å². The van der Waals surface area contributed by atoms with Gasteiger partial charge in [0, 0.05) is 6.08 Å². The lowest BCUT2D eigenvalue weighted by Gasteiger charge is -2.11. The van der Waals surface area contributed by atoms with Crippen LogP contribution in [0.5, 0.6) is 11.5 Å². The van der Waals surface area contributed by atoms with E-state index in [0.717, 1.165) is 23.0 Å². The summed E-state index contributed by atoms with van der Waals surface area (Å²) in [5, 5.41) is 8.63. The molecule has 120 valence electrons. The summed E-state index contributed by atoms with van der Waals surface area (Å²) in [5.41, 5.74) is 3.11. The van der Waals surface area contributed by atoms with Crippen LogP contribution in [0, 0.1) is 13.8 Å². The Morgan fingerprint density at radius 3 is 2.61 bits per heavy atom. The SMILES string of the molecule is Cc1cccc(OCCOc2cccc(C=CC(=O)O)c2)c1C. The molecule has 0 atom stereocenters. The van der Waals surface area contributed by atoms with Crippen LogP contribution in [0.25, 0.3) is 6.08 Å². The second kappa shape index (κ2) is 8.03. The minimum atomic E-state index is -0.974. The van der Waals surface area contributed by atoms with Gasteiger partial charge in [-0.1, -0.05) is 24.3 Å². The van der Waals surface area contributed by atoms with Crippen molar-refractivity contribution in [3.8, 4) is 11.5 Å². The monoisotopic (exact) mass is 312 g/mol. The molecule has 0 bridgehead atoms. The largest absolute Gasteiger partial charge is 0.490 e. The van der Waals surface area contributed by atoms with Crippen molar-refractivity contribution in [1.82, 2.24) is 0 Å². The highest BCUT2D eigenvalue weighted by Crippen LogP contribution is 2.20. The van der Waals surface area contributed by atoms with E-state index in [2.05, 4.69) is 13.0 Å². The molecule has 0 aliphatic heterocycles. The van der Waals surface area contributed by atoms with Crippen molar-refractivity contribution in [1.29, 1.82) is 0 Å². The van der Waals surface area contributed by atoms with Crippen LogP contribution in [-0.2, 0) is 4.79 Å². The summed E-state index contributed by atoms with van der Waals surface area (Å²) in [5.74, 6) is 0.576. The standard InChI is InChI=1S/C19H20O4/c1-14-5-3-8-18(15(14)2)23-12-11-22-17-7-4-6-16(13-17)9-10-19(20)21/h3-10,13H,11-12H2,1-2H3,(H,20,21). The van der Waals surface area contributed by atoms with Gasteiger partial charge in [-0.3, -0.25) is 0 Å². The molecule has 0 fully saturated rings. The van der Waals surface area contributed by atoms with Crippen molar-refractivity contribution in [3.63, 3.8) is 0 Å². The van der Waals surface area contributed by atoms with Gasteiger partial charge in [-0.2, -0.15) is 0 Å². The van der Waals surface area contributed by atoms with Gasteiger partial charge in [-0.05, 0) is 54.8 Å². The van der Waals surface area contributed by atoms with Crippen LogP contribution in [0.3, 0.4) is 0 Å². The molecule has 4 heteroatoms. The van der Waals surface area contributed by atoms with E-state index in [9.17, 15) is 4.79 Å². The van der Waals surface area contributed by atoms with E-state index in [0.29, 0.717) is 19.0 Å². The van der Waals surface area contributed by atoms with Crippen molar-refractivity contribution in [2.75, 3.05) is 13.2 Å². The fourth-order valence-electron chi connectivity index (χ4n) is 2.07. The maximum Gasteiger partial charge on any atom is 0.328 e. The number of carboxylic acid groups (broad SMARTS) is 1. The third kappa shape index (κ3) is 5.18. The molecular weight excluding hydrogens is 292 g/mol. The van der Waals surface area contributed by atoms with Crippen LogP contribution in [0.2, 0.25) is 0 Å². The van der Waals surface area contributed by atoms with Gasteiger partial charge in [0.25, 0.3) is 0 Å². The highest BCUT2D eigenvalue weighted by atomic mass is 16.5. The maximum atomic E-state index is 10.5. The molecule has 0 saturated carbocycles. The Morgan fingerprint density at radius 2 is 1.83 bits per heavy atom. The third-order valence-electron chi connectivity index (χ3n) is 3.44. The molecular formula is C19H20O4. The van der Waals surface area contributed by atoms with Gasteiger partial charge in [0.15, 0.2) is 0 Å². The first-order valence-corrected chi connectivity index (χ1v) is 7.39. The van der Waals surface area contributed by atoms with Gasteiger partial charge < -0.3 is 14.6 Å².